The van der Waals surface area contributed by atoms with E-state index in [0.29, 0.717) is 30.4 Å². The Kier molecular flexibility index (Phi) is 6.15. The fourth-order valence-electron chi connectivity index (χ4n) is 5.56. The van der Waals surface area contributed by atoms with Crippen LogP contribution in [0.25, 0.3) is 11.6 Å². The molecule has 8 nitrogen and oxygen atoms in total. The first-order valence-electron chi connectivity index (χ1n) is 11.8. The third-order valence-electron chi connectivity index (χ3n) is 7.07. The van der Waals surface area contributed by atoms with E-state index >= 15 is 0 Å². The summed E-state index contributed by atoms with van der Waals surface area (Å²) in [4.78, 5) is 18.7. The number of rotatable bonds is 6. The van der Waals surface area contributed by atoms with Crippen molar-refractivity contribution in [2.75, 3.05) is 39.3 Å². The van der Waals surface area contributed by atoms with Gasteiger partial charge < -0.3 is 14.7 Å². The number of guanidine groups is 1. The normalized spacial score (nSPS) is 26.5. The summed E-state index contributed by atoms with van der Waals surface area (Å²) < 4.78 is 5.35. The minimum atomic E-state index is 0.461. The van der Waals surface area contributed by atoms with Crippen LogP contribution >= 0.6 is 0 Å². The molecule has 2 saturated carbocycles. The van der Waals surface area contributed by atoms with Gasteiger partial charge in [0.25, 0.3) is 5.89 Å². The maximum absolute atomic E-state index is 5.35. The van der Waals surface area contributed by atoms with Gasteiger partial charge in [-0.2, -0.15) is 4.98 Å². The highest BCUT2D eigenvalue weighted by Gasteiger charge is 2.42. The molecule has 2 bridgehead atoms. The molecule has 0 aromatic carbocycles. The van der Waals surface area contributed by atoms with Crippen LogP contribution in [0.15, 0.2) is 33.9 Å². The van der Waals surface area contributed by atoms with Gasteiger partial charge in [0.05, 0.1) is 0 Å². The molecule has 8 heteroatoms. The fourth-order valence-corrected chi connectivity index (χ4v) is 5.56. The van der Waals surface area contributed by atoms with Crippen LogP contribution in [0.5, 0.6) is 0 Å². The van der Waals surface area contributed by atoms with Gasteiger partial charge in [-0.1, -0.05) is 17.6 Å². The van der Waals surface area contributed by atoms with Crippen molar-refractivity contribution < 1.29 is 4.52 Å². The molecule has 3 fully saturated rings. The molecular weight excluding hydrogens is 390 g/mol. The Morgan fingerprint density at radius 3 is 2.81 bits per heavy atom. The van der Waals surface area contributed by atoms with Gasteiger partial charge in [0.1, 0.15) is 5.69 Å². The Balaban J connectivity index is 1.14. The lowest BCUT2D eigenvalue weighted by molar-refractivity contribution is 0.0958. The van der Waals surface area contributed by atoms with E-state index < -0.39 is 0 Å². The molecule has 2 aliphatic carbocycles. The molecule has 3 aliphatic rings. The van der Waals surface area contributed by atoms with Gasteiger partial charge in [-0.05, 0) is 50.2 Å². The lowest BCUT2D eigenvalue weighted by Crippen LogP contribution is -2.55. The minimum absolute atomic E-state index is 0.461. The summed E-state index contributed by atoms with van der Waals surface area (Å²) in [6.07, 6.45) is 8.22. The second kappa shape index (κ2) is 9.34. The van der Waals surface area contributed by atoms with Crippen molar-refractivity contribution in [3.8, 4) is 11.6 Å². The number of hydrogen-bond donors (Lipinski definition) is 1. The van der Waals surface area contributed by atoms with Gasteiger partial charge in [0.2, 0.25) is 0 Å². The van der Waals surface area contributed by atoms with E-state index in [2.05, 4.69) is 37.2 Å². The first-order valence-corrected chi connectivity index (χ1v) is 11.8. The van der Waals surface area contributed by atoms with E-state index in [-0.39, 0.29) is 0 Å². The summed E-state index contributed by atoms with van der Waals surface area (Å²) in [6.45, 7) is 8.03. The average Bonchev–Trinajstić information content (AvgIpc) is 3.57. The summed E-state index contributed by atoms with van der Waals surface area (Å²) in [5.41, 5.74) is 0.700. The largest absolute Gasteiger partial charge is 0.357 e. The Hall–Kier alpha value is -2.48. The van der Waals surface area contributed by atoms with E-state index in [1.807, 2.05) is 18.2 Å². The lowest BCUT2D eigenvalue weighted by atomic mass is 9.93. The first kappa shape index (κ1) is 20.4. The smallest absolute Gasteiger partial charge is 0.276 e. The number of hydrogen-bond acceptors (Lipinski definition) is 6. The average molecular weight is 424 g/mol. The van der Waals surface area contributed by atoms with Crippen molar-refractivity contribution in [3.63, 3.8) is 0 Å². The molecule has 0 spiro atoms. The van der Waals surface area contributed by atoms with Crippen LogP contribution in [0.2, 0.25) is 0 Å². The molecule has 0 amide bonds. The highest BCUT2D eigenvalue weighted by Crippen LogP contribution is 2.46. The standard InChI is InChI=1S/C23H33N7O/c1-2-24-23(26-10-8-21-27-22(31-28-21)19-5-3-4-9-25-19)30-13-11-29(12-14-30)20-16-17-6-7-18(20)15-17/h3-5,9,17-18,20H,2,6-8,10-16H2,1H3,(H,24,26). The van der Waals surface area contributed by atoms with Gasteiger partial charge in [-0.25, -0.2) is 0 Å². The molecule has 3 atom stereocenters. The number of pyridine rings is 1. The predicted octanol–water partition coefficient (Wildman–Crippen LogP) is 2.45. The third kappa shape index (κ3) is 4.59. The second-order valence-electron chi connectivity index (χ2n) is 8.98. The summed E-state index contributed by atoms with van der Waals surface area (Å²) >= 11 is 0. The molecule has 166 valence electrons. The van der Waals surface area contributed by atoms with E-state index in [1.165, 1.54) is 25.7 Å². The molecular formula is C23H33N7O. The van der Waals surface area contributed by atoms with E-state index in [4.69, 9.17) is 9.52 Å². The van der Waals surface area contributed by atoms with Crippen molar-refractivity contribution in [2.24, 2.45) is 16.8 Å². The minimum Gasteiger partial charge on any atom is -0.357 e. The van der Waals surface area contributed by atoms with Crippen LogP contribution in [-0.4, -0.2) is 76.2 Å². The Bertz CT molecular complexity index is 875. The second-order valence-corrected chi connectivity index (χ2v) is 8.98. The topological polar surface area (TPSA) is 82.7 Å². The van der Waals surface area contributed by atoms with Crippen molar-refractivity contribution in [3.05, 3.63) is 30.2 Å². The lowest BCUT2D eigenvalue weighted by Gasteiger charge is -2.42. The molecule has 3 unspecified atom stereocenters. The van der Waals surface area contributed by atoms with Crippen LogP contribution < -0.4 is 5.32 Å². The molecule has 2 aromatic rings. The van der Waals surface area contributed by atoms with Crippen molar-refractivity contribution in [1.82, 2.24) is 30.2 Å². The Morgan fingerprint density at radius 1 is 1.19 bits per heavy atom. The number of aliphatic imine (C=N–C) groups is 1. The third-order valence-corrected chi connectivity index (χ3v) is 7.07. The van der Waals surface area contributed by atoms with Gasteiger partial charge in [-0.3, -0.25) is 14.9 Å². The number of nitrogens with one attached hydrogen (secondary N) is 1. The van der Waals surface area contributed by atoms with Crippen LogP contribution in [0.1, 0.15) is 38.4 Å². The number of aromatic nitrogens is 3. The van der Waals surface area contributed by atoms with Crippen LogP contribution in [0, 0.1) is 11.8 Å². The van der Waals surface area contributed by atoms with E-state index in [1.54, 1.807) is 6.20 Å². The monoisotopic (exact) mass is 423 g/mol. The maximum atomic E-state index is 5.35. The van der Waals surface area contributed by atoms with Gasteiger partial charge in [0, 0.05) is 57.9 Å². The fraction of sp³-hybridized carbons (Fsp3) is 0.652. The van der Waals surface area contributed by atoms with E-state index in [0.717, 1.165) is 56.6 Å². The number of nitrogens with zero attached hydrogens (tertiary/aromatic N) is 6. The Labute approximate surface area is 184 Å². The molecule has 31 heavy (non-hydrogen) atoms. The van der Waals surface area contributed by atoms with Crippen LogP contribution in [0.3, 0.4) is 0 Å². The molecule has 2 aromatic heterocycles. The summed E-state index contributed by atoms with van der Waals surface area (Å²) in [7, 11) is 0. The quantitative estimate of drug-likeness (QED) is 0.564. The SMILES string of the molecule is CCNC(=NCCc1noc(-c2ccccn2)n1)N1CCN(C2CC3CCC2C3)CC1. The van der Waals surface area contributed by atoms with Gasteiger partial charge in [-0.15, -0.1) is 0 Å². The maximum Gasteiger partial charge on any atom is 0.276 e. The molecule has 1 aliphatic heterocycles. The number of piperazine rings is 1. The zero-order chi connectivity index (χ0) is 21.0. The molecule has 0 radical (unpaired) electrons. The van der Waals surface area contributed by atoms with Crippen LogP contribution in [-0.2, 0) is 6.42 Å². The molecule has 1 saturated heterocycles. The number of fused-ring (bicyclic) bond motifs is 2. The van der Waals surface area contributed by atoms with E-state index in [9.17, 15) is 0 Å². The highest BCUT2D eigenvalue weighted by atomic mass is 16.5. The zero-order valence-corrected chi connectivity index (χ0v) is 18.4. The summed E-state index contributed by atoms with van der Waals surface area (Å²) in [5.74, 6) is 4.10. The van der Waals surface area contributed by atoms with Crippen molar-refractivity contribution >= 4 is 5.96 Å². The van der Waals surface area contributed by atoms with Gasteiger partial charge >= 0.3 is 0 Å². The molecule has 5 rings (SSSR count). The summed E-state index contributed by atoms with van der Waals surface area (Å²) in [6, 6.07) is 6.49. The molecule has 1 N–H and O–H groups in total. The Morgan fingerprint density at radius 2 is 2.10 bits per heavy atom. The first-order chi connectivity index (χ1) is 15.3. The van der Waals surface area contributed by atoms with Crippen molar-refractivity contribution in [2.45, 2.75) is 45.1 Å². The molecule has 3 heterocycles. The van der Waals surface area contributed by atoms with Gasteiger partial charge in [0.15, 0.2) is 11.8 Å². The predicted molar refractivity (Wildman–Crippen MR) is 120 cm³/mol. The highest BCUT2D eigenvalue weighted by molar-refractivity contribution is 5.80. The zero-order valence-electron chi connectivity index (χ0n) is 18.4. The van der Waals surface area contributed by atoms with Crippen LogP contribution in [0.4, 0.5) is 0 Å². The summed E-state index contributed by atoms with van der Waals surface area (Å²) in [5, 5.41) is 7.55. The van der Waals surface area contributed by atoms with Crippen molar-refractivity contribution in [1.29, 1.82) is 0 Å².